The van der Waals surface area contributed by atoms with E-state index in [2.05, 4.69) is 87.6 Å². The Bertz CT molecular complexity index is 942. The van der Waals surface area contributed by atoms with Crippen molar-refractivity contribution < 1.29 is 4.74 Å². The molecule has 0 radical (unpaired) electrons. The zero-order chi connectivity index (χ0) is 24.2. The summed E-state index contributed by atoms with van der Waals surface area (Å²) in [7, 11) is -0.606. The van der Waals surface area contributed by atoms with Gasteiger partial charge in [0.15, 0.2) is 0 Å². The maximum absolute atomic E-state index is 6.11. The lowest BCUT2D eigenvalue weighted by Gasteiger charge is -2.19. The van der Waals surface area contributed by atoms with Crippen LogP contribution in [0, 0.1) is 0 Å². The van der Waals surface area contributed by atoms with Gasteiger partial charge in [-0.05, 0) is 77.9 Å². The fraction of sp³-hybridized carbons (Fsp3) is 0.484. The minimum Gasteiger partial charge on any atom is -0.494 e. The maximum atomic E-state index is 6.11. The van der Waals surface area contributed by atoms with Gasteiger partial charge in [0.2, 0.25) is 0 Å². The average Bonchev–Trinajstić information content (AvgIpc) is 3.35. The van der Waals surface area contributed by atoms with E-state index in [9.17, 15) is 0 Å². The van der Waals surface area contributed by atoms with E-state index in [4.69, 9.17) is 4.74 Å². The Kier molecular flexibility index (Phi) is 11.4. The van der Waals surface area contributed by atoms with E-state index >= 15 is 0 Å². The van der Waals surface area contributed by atoms with Gasteiger partial charge in [0.1, 0.15) is 5.75 Å². The molecule has 0 amide bonds. The third kappa shape index (κ3) is 8.43. The van der Waals surface area contributed by atoms with Gasteiger partial charge in [0.05, 0.1) is 6.61 Å². The summed E-state index contributed by atoms with van der Waals surface area (Å²) in [5.74, 6) is 0.995. The van der Waals surface area contributed by atoms with Crippen molar-refractivity contribution in [2.75, 3.05) is 6.61 Å². The molecule has 0 saturated carbocycles. The van der Waals surface area contributed by atoms with E-state index in [0.29, 0.717) is 0 Å². The number of rotatable bonds is 15. The van der Waals surface area contributed by atoms with Gasteiger partial charge in [-0.15, -0.1) is 11.3 Å². The molecule has 2 aromatic carbocycles. The normalized spacial score (nSPS) is 12.3. The number of thiophene rings is 1. The summed E-state index contributed by atoms with van der Waals surface area (Å²) in [6, 6.07) is 22.4. The van der Waals surface area contributed by atoms with Crippen molar-refractivity contribution >= 4 is 20.1 Å². The molecule has 1 nitrogen and oxygen atoms in total. The standard InChI is InChI=1S/C31H44OSSi/c1-5-7-9-10-11-25-13-15-26(16-14-25)30-21-22-31(33-30)27-17-19-28(20-18-27)32-24-23-29(34(3)4)12-8-6-2/h13-22,29,34H,5-12,23-24H2,1-4H3. The first kappa shape index (κ1) is 26.8. The van der Waals surface area contributed by atoms with E-state index in [1.807, 2.05) is 11.3 Å². The number of ether oxygens (including phenoxy) is 1. The van der Waals surface area contributed by atoms with Gasteiger partial charge in [0, 0.05) is 18.6 Å². The summed E-state index contributed by atoms with van der Waals surface area (Å²) >= 11 is 1.87. The van der Waals surface area contributed by atoms with Gasteiger partial charge in [-0.3, -0.25) is 0 Å². The van der Waals surface area contributed by atoms with Crippen molar-refractivity contribution in [1.29, 1.82) is 0 Å². The lowest BCUT2D eigenvalue weighted by molar-refractivity contribution is 0.304. The second kappa shape index (κ2) is 14.5. The maximum Gasteiger partial charge on any atom is 0.119 e. The zero-order valence-corrected chi connectivity index (χ0v) is 23.8. The second-order valence-electron chi connectivity index (χ2n) is 9.98. The smallest absolute Gasteiger partial charge is 0.119 e. The third-order valence-corrected chi connectivity index (χ3v) is 10.7. The van der Waals surface area contributed by atoms with Crippen molar-refractivity contribution in [3.05, 3.63) is 66.2 Å². The Hall–Kier alpha value is -1.84. The molecule has 1 atom stereocenters. The van der Waals surface area contributed by atoms with Gasteiger partial charge in [-0.25, -0.2) is 0 Å². The fourth-order valence-corrected chi connectivity index (χ4v) is 7.28. The molecule has 0 saturated heterocycles. The quantitative estimate of drug-likeness (QED) is 0.151. The van der Waals surface area contributed by atoms with Crippen LogP contribution in [0.25, 0.3) is 20.9 Å². The molecule has 0 aliphatic rings. The van der Waals surface area contributed by atoms with Crippen LogP contribution in [0.15, 0.2) is 60.7 Å². The van der Waals surface area contributed by atoms with Crippen molar-refractivity contribution in [3.63, 3.8) is 0 Å². The molecule has 1 unspecified atom stereocenters. The number of unbranched alkanes of at least 4 members (excludes halogenated alkanes) is 4. The first-order valence-corrected chi connectivity index (χ1v) is 17.3. The molecule has 1 heterocycles. The molecular formula is C31H44OSSi. The van der Waals surface area contributed by atoms with Crippen LogP contribution in [0.3, 0.4) is 0 Å². The highest BCUT2D eigenvalue weighted by atomic mass is 32.1. The molecule has 0 bridgehead atoms. The van der Waals surface area contributed by atoms with Crippen molar-refractivity contribution in [2.24, 2.45) is 0 Å². The van der Waals surface area contributed by atoms with Crippen molar-refractivity contribution in [2.45, 2.75) is 90.3 Å². The zero-order valence-electron chi connectivity index (χ0n) is 21.8. The number of benzene rings is 2. The predicted octanol–water partition coefficient (Wildman–Crippen LogP) is 10.0. The lowest BCUT2D eigenvalue weighted by Crippen LogP contribution is -2.15. The molecule has 3 aromatic rings. The van der Waals surface area contributed by atoms with Crippen LogP contribution in [-0.4, -0.2) is 15.4 Å². The molecule has 1 aromatic heterocycles. The topological polar surface area (TPSA) is 9.23 Å². The van der Waals surface area contributed by atoms with Crippen molar-refractivity contribution in [3.8, 4) is 26.6 Å². The fourth-order valence-electron chi connectivity index (χ4n) is 4.56. The molecule has 0 aliphatic carbocycles. The number of aryl methyl sites for hydroxylation is 1. The molecule has 0 fully saturated rings. The predicted molar refractivity (Wildman–Crippen MR) is 155 cm³/mol. The van der Waals surface area contributed by atoms with Gasteiger partial charge in [-0.2, -0.15) is 0 Å². The monoisotopic (exact) mass is 492 g/mol. The number of hydrogen-bond donors (Lipinski definition) is 0. The highest BCUT2D eigenvalue weighted by Crippen LogP contribution is 2.35. The molecule has 0 N–H and O–H groups in total. The molecule has 0 aliphatic heterocycles. The lowest BCUT2D eigenvalue weighted by atomic mass is 10.0. The van der Waals surface area contributed by atoms with E-state index in [1.165, 1.54) is 84.2 Å². The Morgan fingerprint density at radius 3 is 1.91 bits per heavy atom. The van der Waals surface area contributed by atoms with E-state index < -0.39 is 8.80 Å². The summed E-state index contributed by atoms with van der Waals surface area (Å²) in [6.07, 6.45) is 11.7. The summed E-state index contributed by atoms with van der Waals surface area (Å²) in [5, 5.41) is 0. The van der Waals surface area contributed by atoms with Crippen LogP contribution < -0.4 is 4.74 Å². The SMILES string of the molecule is CCCCCCc1ccc(-c2ccc(-c3ccc(OCCC(CCCC)[SiH](C)C)cc3)s2)cc1. The minimum absolute atomic E-state index is 0.606. The summed E-state index contributed by atoms with van der Waals surface area (Å²) < 4.78 is 6.11. The van der Waals surface area contributed by atoms with Gasteiger partial charge >= 0.3 is 0 Å². The highest BCUT2D eigenvalue weighted by molar-refractivity contribution is 7.18. The molecule has 34 heavy (non-hydrogen) atoms. The number of hydrogen-bond acceptors (Lipinski definition) is 2. The highest BCUT2D eigenvalue weighted by Gasteiger charge is 2.14. The van der Waals surface area contributed by atoms with Gasteiger partial charge in [-0.1, -0.05) is 89.7 Å². The minimum atomic E-state index is -0.606. The molecule has 184 valence electrons. The first-order valence-electron chi connectivity index (χ1n) is 13.5. The Labute approximate surface area is 214 Å². The molecule has 3 rings (SSSR count). The summed E-state index contributed by atoms with van der Waals surface area (Å²) in [5.41, 5.74) is 4.95. The van der Waals surface area contributed by atoms with Crippen LogP contribution in [0.1, 0.15) is 70.8 Å². The Morgan fingerprint density at radius 1 is 0.706 bits per heavy atom. The Balaban J connectivity index is 1.52. The van der Waals surface area contributed by atoms with E-state index in [-0.39, 0.29) is 0 Å². The molecule has 0 spiro atoms. The largest absolute Gasteiger partial charge is 0.494 e. The summed E-state index contributed by atoms with van der Waals surface area (Å²) in [6.45, 7) is 10.4. The van der Waals surface area contributed by atoms with E-state index in [0.717, 1.165) is 17.9 Å². The van der Waals surface area contributed by atoms with Crippen LogP contribution in [0.4, 0.5) is 0 Å². The molecular weight excluding hydrogens is 448 g/mol. The third-order valence-electron chi connectivity index (χ3n) is 6.93. The average molecular weight is 493 g/mol. The van der Waals surface area contributed by atoms with Crippen molar-refractivity contribution in [1.82, 2.24) is 0 Å². The van der Waals surface area contributed by atoms with Crippen LogP contribution in [0.5, 0.6) is 5.75 Å². The van der Waals surface area contributed by atoms with E-state index in [1.54, 1.807) is 0 Å². The summed E-state index contributed by atoms with van der Waals surface area (Å²) in [4.78, 5) is 2.65. The Morgan fingerprint density at radius 2 is 1.32 bits per heavy atom. The van der Waals surface area contributed by atoms with Gasteiger partial charge < -0.3 is 4.74 Å². The van der Waals surface area contributed by atoms with Crippen LogP contribution in [-0.2, 0) is 6.42 Å². The van der Waals surface area contributed by atoms with Crippen LogP contribution >= 0.6 is 11.3 Å². The van der Waals surface area contributed by atoms with Crippen LogP contribution in [0.2, 0.25) is 18.6 Å². The molecule has 3 heteroatoms. The first-order chi connectivity index (χ1) is 16.6. The van der Waals surface area contributed by atoms with Gasteiger partial charge in [0.25, 0.3) is 0 Å². The second-order valence-corrected chi connectivity index (χ2v) is 14.5.